The van der Waals surface area contributed by atoms with Crippen LogP contribution in [0.3, 0.4) is 0 Å². The fourth-order valence-corrected chi connectivity index (χ4v) is 3.76. The van der Waals surface area contributed by atoms with Crippen LogP contribution in [0.1, 0.15) is 32.6 Å². The minimum absolute atomic E-state index is 0.513. The number of nitrogens with zero attached hydrogens (tertiary/aromatic N) is 2. The summed E-state index contributed by atoms with van der Waals surface area (Å²) in [5, 5.41) is 0. The predicted octanol–water partition coefficient (Wildman–Crippen LogP) is 1.58. The lowest BCUT2D eigenvalue weighted by atomic mass is 9.81. The van der Waals surface area contributed by atoms with Gasteiger partial charge in [0.05, 0.1) is 0 Å². The fourth-order valence-electron chi connectivity index (χ4n) is 3.76. The molecule has 0 aromatic carbocycles. The van der Waals surface area contributed by atoms with Crippen LogP contribution in [0.4, 0.5) is 0 Å². The largest absolute Gasteiger partial charge is 0.381 e. The Balaban J connectivity index is 1.54. The summed E-state index contributed by atoms with van der Waals surface area (Å²) in [5.74, 6) is 0. The van der Waals surface area contributed by atoms with Crippen LogP contribution in [0.2, 0.25) is 0 Å². The Morgan fingerprint density at radius 3 is 2.82 bits per heavy atom. The van der Waals surface area contributed by atoms with E-state index in [0.717, 1.165) is 19.3 Å². The summed E-state index contributed by atoms with van der Waals surface area (Å²) in [6, 6.07) is 0.868. The van der Waals surface area contributed by atoms with Gasteiger partial charge in [-0.15, -0.1) is 0 Å². The summed E-state index contributed by atoms with van der Waals surface area (Å²) in [7, 11) is 0. The molecule has 17 heavy (non-hydrogen) atoms. The molecule has 3 aliphatic heterocycles. The van der Waals surface area contributed by atoms with E-state index in [1.807, 2.05) is 0 Å². The molecule has 3 rings (SSSR count). The van der Waals surface area contributed by atoms with Gasteiger partial charge in [0, 0.05) is 45.4 Å². The van der Waals surface area contributed by atoms with E-state index in [1.165, 1.54) is 58.4 Å². The van der Waals surface area contributed by atoms with E-state index >= 15 is 0 Å². The summed E-state index contributed by atoms with van der Waals surface area (Å²) in [5.41, 5.74) is 0.513. The van der Waals surface area contributed by atoms with Gasteiger partial charge in [0.1, 0.15) is 0 Å². The highest BCUT2D eigenvalue weighted by Crippen LogP contribution is 2.32. The SMILES string of the molecule is CC1(CN2CCN3CCCC3C2)CCOCC1. The zero-order valence-corrected chi connectivity index (χ0v) is 11.2. The van der Waals surface area contributed by atoms with Gasteiger partial charge in [0.2, 0.25) is 0 Å². The Bertz CT molecular complexity index is 263. The summed E-state index contributed by atoms with van der Waals surface area (Å²) < 4.78 is 5.50. The molecule has 0 bridgehead atoms. The minimum Gasteiger partial charge on any atom is -0.381 e. The van der Waals surface area contributed by atoms with Crippen LogP contribution in [0.25, 0.3) is 0 Å². The molecule has 1 atom stereocenters. The van der Waals surface area contributed by atoms with Crippen molar-refractivity contribution in [2.24, 2.45) is 5.41 Å². The lowest BCUT2D eigenvalue weighted by Crippen LogP contribution is -2.53. The van der Waals surface area contributed by atoms with Crippen molar-refractivity contribution in [3.8, 4) is 0 Å². The summed E-state index contributed by atoms with van der Waals surface area (Å²) in [6.07, 6.45) is 5.34. The molecule has 98 valence electrons. The molecule has 0 aliphatic carbocycles. The van der Waals surface area contributed by atoms with Gasteiger partial charge >= 0.3 is 0 Å². The molecule has 3 saturated heterocycles. The monoisotopic (exact) mass is 238 g/mol. The van der Waals surface area contributed by atoms with Crippen LogP contribution < -0.4 is 0 Å². The van der Waals surface area contributed by atoms with Crippen LogP contribution in [0.15, 0.2) is 0 Å². The van der Waals surface area contributed by atoms with Crippen molar-refractivity contribution in [1.29, 1.82) is 0 Å². The molecule has 3 heteroatoms. The molecule has 0 N–H and O–H groups in total. The highest BCUT2D eigenvalue weighted by Gasteiger charge is 2.35. The summed E-state index contributed by atoms with van der Waals surface area (Å²) >= 11 is 0. The van der Waals surface area contributed by atoms with E-state index in [2.05, 4.69) is 16.7 Å². The average molecular weight is 238 g/mol. The third-order valence-electron chi connectivity index (χ3n) is 4.98. The smallest absolute Gasteiger partial charge is 0.0471 e. The van der Waals surface area contributed by atoms with Crippen molar-refractivity contribution in [2.75, 3.05) is 45.9 Å². The summed E-state index contributed by atoms with van der Waals surface area (Å²) in [4.78, 5) is 5.42. The number of piperazine rings is 1. The number of fused-ring (bicyclic) bond motifs is 1. The van der Waals surface area contributed by atoms with Crippen molar-refractivity contribution >= 4 is 0 Å². The van der Waals surface area contributed by atoms with Gasteiger partial charge < -0.3 is 4.74 Å². The third-order valence-corrected chi connectivity index (χ3v) is 4.98. The zero-order valence-electron chi connectivity index (χ0n) is 11.2. The fraction of sp³-hybridized carbons (Fsp3) is 1.00. The molecule has 3 aliphatic rings. The van der Waals surface area contributed by atoms with E-state index < -0.39 is 0 Å². The van der Waals surface area contributed by atoms with Crippen molar-refractivity contribution in [3.05, 3.63) is 0 Å². The van der Waals surface area contributed by atoms with Crippen molar-refractivity contribution < 1.29 is 4.74 Å². The molecule has 0 aromatic rings. The Hall–Kier alpha value is -0.120. The summed E-state index contributed by atoms with van der Waals surface area (Å²) in [6.45, 7) is 10.9. The van der Waals surface area contributed by atoms with Crippen LogP contribution >= 0.6 is 0 Å². The molecule has 3 heterocycles. The topological polar surface area (TPSA) is 15.7 Å². The van der Waals surface area contributed by atoms with Gasteiger partial charge in [-0.2, -0.15) is 0 Å². The maximum Gasteiger partial charge on any atom is 0.0471 e. The quantitative estimate of drug-likeness (QED) is 0.726. The molecule has 0 saturated carbocycles. The number of ether oxygens (including phenoxy) is 1. The van der Waals surface area contributed by atoms with Gasteiger partial charge in [-0.3, -0.25) is 9.80 Å². The minimum atomic E-state index is 0.513. The first-order valence-corrected chi connectivity index (χ1v) is 7.29. The predicted molar refractivity (Wildman–Crippen MR) is 69.2 cm³/mol. The maximum atomic E-state index is 5.50. The Kier molecular flexibility index (Phi) is 3.42. The van der Waals surface area contributed by atoms with Crippen molar-refractivity contribution in [1.82, 2.24) is 9.80 Å². The van der Waals surface area contributed by atoms with Crippen LogP contribution in [-0.2, 0) is 4.74 Å². The van der Waals surface area contributed by atoms with E-state index in [1.54, 1.807) is 0 Å². The van der Waals surface area contributed by atoms with Gasteiger partial charge in [-0.1, -0.05) is 6.92 Å². The standard InChI is InChI=1S/C14H26N2O/c1-14(4-9-17-10-5-14)12-15-7-8-16-6-2-3-13(16)11-15/h13H,2-12H2,1H3. The van der Waals surface area contributed by atoms with Gasteiger partial charge in [-0.05, 0) is 37.6 Å². The highest BCUT2D eigenvalue weighted by atomic mass is 16.5. The molecular formula is C14H26N2O. The lowest BCUT2D eigenvalue weighted by Gasteiger charge is -2.43. The van der Waals surface area contributed by atoms with Crippen molar-refractivity contribution in [2.45, 2.75) is 38.6 Å². The molecule has 3 nitrogen and oxygen atoms in total. The first-order chi connectivity index (χ1) is 8.25. The normalized spacial score (nSPS) is 34.8. The maximum absolute atomic E-state index is 5.50. The van der Waals surface area contributed by atoms with E-state index in [-0.39, 0.29) is 0 Å². The Labute approximate surface area is 105 Å². The first-order valence-electron chi connectivity index (χ1n) is 7.29. The van der Waals surface area contributed by atoms with Gasteiger partial charge in [0.25, 0.3) is 0 Å². The number of rotatable bonds is 2. The van der Waals surface area contributed by atoms with Crippen LogP contribution in [-0.4, -0.2) is 61.8 Å². The first kappa shape index (κ1) is 11.9. The zero-order chi connectivity index (χ0) is 11.7. The van der Waals surface area contributed by atoms with E-state index in [9.17, 15) is 0 Å². The average Bonchev–Trinajstić information content (AvgIpc) is 2.76. The second-order valence-electron chi connectivity index (χ2n) is 6.49. The molecule has 0 aromatic heterocycles. The Morgan fingerprint density at radius 2 is 2.00 bits per heavy atom. The number of hydrogen-bond acceptors (Lipinski definition) is 3. The molecule has 0 amide bonds. The molecule has 0 radical (unpaired) electrons. The van der Waals surface area contributed by atoms with E-state index in [4.69, 9.17) is 4.74 Å². The molecule has 1 unspecified atom stereocenters. The second kappa shape index (κ2) is 4.87. The van der Waals surface area contributed by atoms with Gasteiger partial charge in [-0.25, -0.2) is 0 Å². The van der Waals surface area contributed by atoms with E-state index in [0.29, 0.717) is 5.41 Å². The Morgan fingerprint density at radius 1 is 1.18 bits per heavy atom. The molecule has 3 fully saturated rings. The molecular weight excluding hydrogens is 212 g/mol. The highest BCUT2D eigenvalue weighted by molar-refractivity contribution is 4.90. The van der Waals surface area contributed by atoms with Gasteiger partial charge in [0.15, 0.2) is 0 Å². The van der Waals surface area contributed by atoms with Crippen LogP contribution in [0.5, 0.6) is 0 Å². The molecule has 0 spiro atoms. The second-order valence-corrected chi connectivity index (χ2v) is 6.49. The van der Waals surface area contributed by atoms with Crippen LogP contribution in [0, 0.1) is 5.41 Å². The number of hydrogen-bond donors (Lipinski definition) is 0. The van der Waals surface area contributed by atoms with Crippen molar-refractivity contribution in [3.63, 3.8) is 0 Å². The lowest BCUT2D eigenvalue weighted by molar-refractivity contribution is -0.00793. The third kappa shape index (κ3) is 2.67.